The fourth-order valence-corrected chi connectivity index (χ4v) is 9.42. The molecular formula is C61H48N2. The van der Waals surface area contributed by atoms with Crippen LogP contribution in [0.2, 0.25) is 0 Å². The molecular weight excluding hydrogens is 761 g/mol. The molecule has 9 aromatic rings. The minimum Gasteiger partial charge on any atom is -0.310 e. The Bertz CT molecular complexity index is 3220. The second kappa shape index (κ2) is 16.5. The minimum absolute atomic E-state index is 0.131. The van der Waals surface area contributed by atoms with Crippen molar-refractivity contribution in [1.29, 1.82) is 0 Å². The Kier molecular flexibility index (Phi) is 10.3. The number of anilines is 5. The summed E-state index contributed by atoms with van der Waals surface area (Å²) in [6.45, 7) is 13.4. The molecule has 2 heteroatoms. The van der Waals surface area contributed by atoms with Crippen molar-refractivity contribution in [2.45, 2.75) is 19.3 Å². The summed E-state index contributed by atoms with van der Waals surface area (Å²) < 4.78 is 0. The largest absolute Gasteiger partial charge is 0.310 e. The van der Waals surface area contributed by atoms with Crippen molar-refractivity contribution in [3.63, 3.8) is 0 Å². The first-order valence-electron chi connectivity index (χ1n) is 21.7. The van der Waals surface area contributed by atoms with Crippen LogP contribution in [0.3, 0.4) is 0 Å². The van der Waals surface area contributed by atoms with Crippen molar-refractivity contribution in [1.82, 2.24) is 0 Å². The molecule has 0 atom stereocenters. The van der Waals surface area contributed by atoms with Gasteiger partial charge in [0.15, 0.2) is 0 Å². The number of benzene rings is 9. The maximum absolute atomic E-state index is 4.38. The van der Waals surface area contributed by atoms with Gasteiger partial charge in [-0.2, -0.15) is 0 Å². The highest BCUT2D eigenvalue weighted by Crippen LogP contribution is 2.51. The molecule has 2 nitrogen and oxygen atoms in total. The number of hydrogen-bond acceptors (Lipinski definition) is 2. The van der Waals surface area contributed by atoms with Crippen molar-refractivity contribution in [2.75, 3.05) is 9.80 Å². The lowest BCUT2D eigenvalue weighted by Gasteiger charge is -2.30. The predicted molar refractivity (Wildman–Crippen MR) is 268 cm³/mol. The van der Waals surface area contributed by atoms with Crippen LogP contribution in [0, 0.1) is 0 Å². The van der Waals surface area contributed by atoms with Gasteiger partial charge in [-0.15, -0.1) is 0 Å². The Morgan fingerprint density at radius 1 is 0.413 bits per heavy atom. The van der Waals surface area contributed by atoms with Crippen LogP contribution in [0.4, 0.5) is 28.4 Å². The molecule has 0 aromatic heterocycles. The lowest BCUT2D eigenvalue weighted by molar-refractivity contribution is 0.660. The molecule has 0 aliphatic heterocycles. The van der Waals surface area contributed by atoms with E-state index in [1.165, 1.54) is 33.4 Å². The SMILES string of the molecule is C=C/C(=c1/ccccc1=C)N(c1ccccc1)c1ccccc1-c1ccc(-c2ccccc2N(c2ccc(-c3ccccc3)cc2)c2ccc3c(c2)C(C)(C)c2ccccc2-3)cc1. The van der Waals surface area contributed by atoms with Crippen molar-refractivity contribution < 1.29 is 0 Å². The summed E-state index contributed by atoms with van der Waals surface area (Å²) in [4.78, 5) is 4.73. The van der Waals surface area contributed by atoms with E-state index in [2.05, 4.69) is 255 Å². The van der Waals surface area contributed by atoms with Crippen LogP contribution in [-0.2, 0) is 5.41 Å². The second-order valence-corrected chi connectivity index (χ2v) is 16.7. The number of para-hydroxylation sites is 3. The van der Waals surface area contributed by atoms with Crippen LogP contribution >= 0.6 is 0 Å². The van der Waals surface area contributed by atoms with Crippen molar-refractivity contribution in [2.24, 2.45) is 0 Å². The van der Waals surface area contributed by atoms with Crippen LogP contribution in [0.25, 0.3) is 56.8 Å². The maximum atomic E-state index is 4.38. The van der Waals surface area contributed by atoms with Crippen LogP contribution in [-0.4, -0.2) is 0 Å². The Hall–Kier alpha value is -7.94. The predicted octanol–water partition coefficient (Wildman–Crippen LogP) is 15.0. The molecule has 0 saturated heterocycles. The lowest BCUT2D eigenvalue weighted by Crippen LogP contribution is -2.31. The molecule has 10 rings (SSSR count). The Balaban J connectivity index is 1.09. The first-order chi connectivity index (χ1) is 30.9. The molecule has 0 bridgehead atoms. The minimum atomic E-state index is -0.131. The summed E-state index contributed by atoms with van der Waals surface area (Å²) >= 11 is 0. The van der Waals surface area contributed by atoms with Gasteiger partial charge in [0, 0.05) is 38.8 Å². The van der Waals surface area contributed by atoms with Gasteiger partial charge in [-0.3, -0.25) is 0 Å². The fourth-order valence-electron chi connectivity index (χ4n) is 9.42. The van der Waals surface area contributed by atoms with Crippen LogP contribution < -0.4 is 20.2 Å². The van der Waals surface area contributed by atoms with E-state index >= 15 is 0 Å². The van der Waals surface area contributed by atoms with Crippen molar-refractivity contribution in [3.8, 4) is 44.5 Å². The summed E-state index contributed by atoms with van der Waals surface area (Å²) in [6, 6.07) is 80.7. The van der Waals surface area contributed by atoms with Gasteiger partial charge in [0.25, 0.3) is 0 Å². The van der Waals surface area contributed by atoms with Gasteiger partial charge in [-0.05, 0) is 104 Å². The monoisotopic (exact) mass is 808 g/mol. The summed E-state index contributed by atoms with van der Waals surface area (Å²) in [5.41, 5.74) is 18.5. The van der Waals surface area contributed by atoms with E-state index < -0.39 is 0 Å². The van der Waals surface area contributed by atoms with Gasteiger partial charge in [0.2, 0.25) is 0 Å². The molecule has 0 N–H and O–H groups in total. The summed E-state index contributed by atoms with van der Waals surface area (Å²) in [5.74, 6) is 0. The van der Waals surface area contributed by atoms with Crippen molar-refractivity contribution in [3.05, 3.63) is 259 Å². The number of nitrogens with zero attached hydrogens (tertiary/aromatic N) is 2. The summed E-state index contributed by atoms with van der Waals surface area (Å²) in [7, 11) is 0. The van der Waals surface area contributed by atoms with E-state index in [9.17, 15) is 0 Å². The van der Waals surface area contributed by atoms with Crippen LogP contribution in [0.5, 0.6) is 0 Å². The van der Waals surface area contributed by atoms with Gasteiger partial charge in [-0.25, -0.2) is 0 Å². The van der Waals surface area contributed by atoms with E-state index in [1.54, 1.807) is 0 Å². The fraction of sp³-hybridized carbons (Fsp3) is 0.0492. The smallest absolute Gasteiger partial charge is 0.0540 e. The molecule has 0 radical (unpaired) electrons. The van der Waals surface area contributed by atoms with Crippen LogP contribution in [0.15, 0.2) is 237 Å². The Labute approximate surface area is 371 Å². The molecule has 0 fully saturated rings. The van der Waals surface area contributed by atoms with E-state index in [4.69, 9.17) is 0 Å². The van der Waals surface area contributed by atoms with E-state index in [0.29, 0.717) is 0 Å². The number of hydrogen-bond donors (Lipinski definition) is 0. The highest BCUT2D eigenvalue weighted by molar-refractivity contribution is 5.94. The van der Waals surface area contributed by atoms with E-state index in [1.807, 2.05) is 12.1 Å². The molecule has 9 aromatic carbocycles. The van der Waals surface area contributed by atoms with E-state index in [-0.39, 0.29) is 5.41 Å². The van der Waals surface area contributed by atoms with Gasteiger partial charge >= 0.3 is 0 Å². The zero-order valence-electron chi connectivity index (χ0n) is 35.7. The van der Waals surface area contributed by atoms with Crippen molar-refractivity contribution >= 4 is 40.7 Å². The molecule has 0 saturated carbocycles. The molecule has 0 spiro atoms. The number of fused-ring (bicyclic) bond motifs is 3. The molecule has 0 amide bonds. The molecule has 0 heterocycles. The third-order valence-corrected chi connectivity index (χ3v) is 12.6. The summed E-state index contributed by atoms with van der Waals surface area (Å²) in [6.07, 6.45) is 1.94. The molecule has 1 aliphatic carbocycles. The first-order valence-corrected chi connectivity index (χ1v) is 21.7. The highest BCUT2D eigenvalue weighted by Gasteiger charge is 2.36. The maximum Gasteiger partial charge on any atom is 0.0540 e. The average Bonchev–Trinajstić information content (AvgIpc) is 3.57. The molecule has 302 valence electrons. The molecule has 63 heavy (non-hydrogen) atoms. The molecule has 0 unspecified atom stereocenters. The van der Waals surface area contributed by atoms with E-state index in [0.717, 1.165) is 66.8 Å². The lowest BCUT2D eigenvalue weighted by atomic mass is 9.82. The normalized spacial score (nSPS) is 12.8. The second-order valence-electron chi connectivity index (χ2n) is 16.7. The third kappa shape index (κ3) is 7.16. The van der Waals surface area contributed by atoms with Crippen LogP contribution in [0.1, 0.15) is 25.0 Å². The quantitative estimate of drug-likeness (QED) is 0.136. The summed E-state index contributed by atoms with van der Waals surface area (Å²) in [5, 5.41) is 1.98. The van der Waals surface area contributed by atoms with Gasteiger partial charge in [0.05, 0.1) is 17.1 Å². The van der Waals surface area contributed by atoms with Gasteiger partial charge in [0.1, 0.15) is 0 Å². The van der Waals surface area contributed by atoms with Gasteiger partial charge in [-0.1, -0.05) is 203 Å². The topological polar surface area (TPSA) is 6.48 Å². The highest BCUT2D eigenvalue weighted by atomic mass is 15.2. The Morgan fingerprint density at radius 2 is 0.905 bits per heavy atom. The number of rotatable bonds is 10. The standard InChI is InChI=1S/C61H48N2/c1-5-58(51-25-13-12-20-43(51)2)63(48-23-10-7-11-24-48)60-31-19-16-27-53(60)47-34-32-46(33-35-47)52-26-15-18-30-59(52)62(49-38-36-45(37-39-49)44-21-8-6-9-22-44)50-40-41-55-54-28-14-17-29-56(54)61(3,4)57(55)42-50/h5-42H,1-2H2,3-4H3/b58-51+. The average molecular weight is 809 g/mol. The van der Waals surface area contributed by atoms with Gasteiger partial charge < -0.3 is 9.80 Å². The molecule has 1 aliphatic rings. The zero-order chi connectivity index (χ0) is 42.9. The Morgan fingerprint density at radius 3 is 1.57 bits per heavy atom. The zero-order valence-corrected chi connectivity index (χ0v) is 35.7. The first kappa shape index (κ1) is 39.2. The third-order valence-electron chi connectivity index (χ3n) is 12.6.